The van der Waals surface area contributed by atoms with Gasteiger partial charge in [0.1, 0.15) is 0 Å². The highest BCUT2D eigenvalue weighted by Crippen LogP contribution is 2.19. The minimum Gasteiger partial charge on any atom is -0.264 e. The van der Waals surface area contributed by atoms with E-state index >= 15 is 0 Å². The Labute approximate surface area is 195 Å². The molecule has 0 amide bonds. The van der Waals surface area contributed by atoms with Gasteiger partial charge in [-0.1, -0.05) is 59.7 Å². The molecule has 32 heavy (non-hydrogen) atoms. The molecule has 170 valence electrons. The number of aromatic nitrogens is 3. The maximum atomic E-state index is 4.28. The number of pyridine rings is 3. The molecule has 0 spiro atoms. The smallest absolute Gasteiger partial charge is 0.0702 e. The maximum Gasteiger partial charge on any atom is 0.0702 e. The van der Waals surface area contributed by atoms with Crippen molar-refractivity contribution < 1.29 is 0 Å². The van der Waals surface area contributed by atoms with Gasteiger partial charge in [0.25, 0.3) is 0 Å². The quantitative estimate of drug-likeness (QED) is 0.322. The number of benzene rings is 1. The van der Waals surface area contributed by atoms with E-state index in [1.54, 1.807) is 6.20 Å². The molecule has 0 N–H and O–H groups in total. The van der Waals surface area contributed by atoms with Crippen molar-refractivity contribution in [1.29, 1.82) is 0 Å². The van der Waals surface area contributed by atoms with Crippen molar-refractivity contribution in [1.82, 2.24) is 15.0 Å². The molecule has 3 heterocycles. The summed E-state index contributed by atoms with van der Waals surface area (Å²) in [6, 6.07) is 18.7. The zero-order chi connectivity index (χ0) is 23.9. The van der Waals surface area contributed by atoms with E-state index in [9.17, 15) is 0 Å². The van der Waals surface area contributed by atoms with Crippen LogP contribution in [-0.4, -0.2) is 15.0 Å². The van der Waals surface area contributed by atoms with Crippen LogP contribution in [0.4, 0.5) is 0 Å². The van der Waals surface area contributed by atoms with Crippen LogP contribution in [0.1, 0.15) is 75.8 Å². The first kappa shape index (κ1) is 27.0. The molecule has 3 aromatic heterocycles. The van der Waals surface area contributed by atoms with Crippen LogP contribution in [0.2, 0.25) is 0 Å². The van der Waals surface area contributed by atoms with Gasteiger partial charge in [0.05, 0.1) is 5.52 Å². The topological polar surface area (TPSA) is 38.7 Å². The number of hydrogen-bond donors (Lipinski definition) is 0. The lowest BCUT2D eigenvalue weighted by atomic mass is 10.0. The maximum absolute atomic E-state index is 4.28. The van der Waals surface area contributed by atoms with E-state index in [1.165, 1.54) is 22.1 Å². The summed E-state index contributed by atoms with van der Waals surface area (Å²) in [6.07, 6.45) is 7.30. The van der Waals surface area contributed by atoms with E-state index < -0.39 is 0 Å². The summed E-state index contributed by atoms with van der Waals surface area (Å²) in [5.41, 5.74) is 6.13. The molecule has 0 bridgehead atoms. The second kappa shape index (κ2) is 14.9. The zero-order valence-electron chi connectivity index (χ0n) is 21.0. The lowest BCUT2D eigenvalue weighted by Gasteiger charge is -2.05. The Morgan fingerprint density at radius 3 is 1.81 bits per heavy atom. The lowest BCUT2D eigenvalue weighted by Crippen LogP contribution is -1.88. The van der Waals surface area contributed by atoms with Gasteiger partial charge in [-0.3, -0.25) is 15.0 Å². The van der Waals surface area contributed by atoms with Crippen LogP contribution in [0.15, 0.2) is 79.4 Å². The Bertz CT molecular complexity index is 1020. The van der Waals surface area contributed by atoms with Crippen molar-refractivity contribution in [2.24, 2.45) is 0 Å². The van der Waals surface area contributed by atoms with Gasteiger partial charge >= 0.3 is 0 Å². The zero-order valence-corrected chi connectivity index (χ0v) is 21.0. The molecule has 4 aromatic rings. The van der Waals surface area contributed by atoms with E-state index in [4.69, 9.17) is 0 Å². The lowest BCUT2D eigenvalue weighted by molar-refractivity contribution is 0.859. The fourth-order valence-electron chi connectivity index (χ4n) is 2.83. The van der Waals surface area contributed by atoms with Gasteiger partial charge in [-0.15, -0.1) is 0 Å². The molecule has 0 atom stereocenters. The van der Waals surface area contributed by atoms with Crippen molar-refractivity contribution in [2.45, 2.75) is 67.2 Å². The van der Waals surface area contributed by atoms with E-state index in [-0.39, 0.29) is 0 Å². The van der Waals surface area contributed by atoms with Crippen LogP contribution >= 0.6 is 0 Å². The summed E-state index contributed by atoms with van der Waals surface area (Å²) in [7, 11) is 0. The Hall–Kier alpha value is -3.07. The molecule has 1 aromatic carbocycles. The van der Waals surface area contributed by atoms with Crippen LogP contribution < -0.4 is 0 Å². The molecule has 0 aliphatic rings. The molecule has 0 aliphatic heterocycles. The number of nitrogens with zero attached hydrogens (tertiary/aromatic N) is 3. The Kier molecular flexibility index (Phi) is 12.5. The summed E-state index contributed by atoms with van der Waals surface area (Å²) in [5, 5.41) is 1.23. The van der Waals surface area contributed by atoms with Gasteiger partial charge in [-0.25, -0.2) is 0 Å². The Morgan fingerprint density at radius 2 is 1.31 bits per heavy atom. The van der Waals surface area contributed by atoms with Crippen molar-refractivity contribution >= 4 is 10.9 Å². The third kappa shape index (κ3) is 9.82. The standard InChI is InChI=1S/C12H13N.C9H13N.C6H7N.C2H6/c1-9(2)10-5-6-12-11(8-10)4-3-7-13-12;1-7(2)9-4-5-10-8(3)6-9;1-6-3-2-4-7-5-6;1-2/h3-9H,1-2H3;4-7H,1-3H3;2-5H,1H3;1-2H3. The number of aryl methyl sites for hydroxylation is 2. The molecule has 3 nitrogen and oxygen atoms in total. The molecule has 0 aliphatic carbocycles. The van der Waals surface area contributed by atoms with Crippen molar-refractivity contribution in [3.63, 3.8) is 0 Å². The van der Waals surface area contributed by atoms with Crippen LogP contribution in [0.5, 0.6) is 0 Å². The third-order valence-electron chi connectivity index (χ3n) is 4.69. The molecule has 0 radical (unpaired) electrons. The summed E-state index contributed by atoms with van der Waals surface area (Å²) in [6.45, 7) is 16.8. The van der Waals surface area contributed by atoms with Gasteiger partial charge in [0.15, 0.2) is 0 Å². The predicted molar refractivity (Wildman–Crippen MR) is 139 cm³/mol. The fourth-order valence-corrected chi connectivity index (χ4v) is 2.83. The molecule has 0 saturated heterocycles. The monoisotopic (exact) mass is 429 g/mol. The Morgan fingerprint density at radius 1 is 0.656 bits per heavy atom. The normalized spacial score (nSPS) is 9.81. The third-order valence-corrected chi connectivity index (χ3v) is 4.69. The molecular weight excluding hydrogens is 390 g/mol. The first-order valence-corrected chi connectivity index (χ1v) is 11.5. The summed E-state index contributed by atoms with van der Waals surface area (Å²) in [4.78, 5) is 12.3. The summed E-state index contributed by atoms with van der Waals surface area (Å²) in [5.74, 6) is 1.20. The molecule has 0 fully saturated rings. The van der Waals surface area contributed by atoms with Crippen LogP contribution in [-0.2, 0) is 0 Å². The molecule has 3 heteroatoms. The van der Waals surface area contributed by atoms with Crippen molar-refractivity contribution in [3.05, 3.63) is 102 Å². The number of fused-ring (bicyclic) bond motifs is 1. The highest BCUT2D eigenvalue weighted by Gasteiger charge is 2.00. The Balaban J connectivity index is 0.000000241. The van der Waals surface area contributed by atoms with Crippen molar-refractivity contribution in [3.8, 4) is 0 Å². The van der Waals surface area contributed by atoms with E-state index in [1.807, 2.05) is 64.5 Å². The fraction of sp³-hybridized carbons (Fsp3) is 0.345. The summed E-state index contributed by atoms with van der Waals surface area (Å²) < 4.78 is 0. The average Bonchev–Trinajstić information content (AvgIpc) is 2.81. The van der Waals surface area contributed by atoms with Crippen LogP contribution in [0.3, 0.4) is 0 Å². The van der Waals surface area contributed by atoms with E-state index in [0.29, 0.717) is 11.8 Å². The molecule has 4 rings (SSSR count). The molecule has 0 unspecified atom stereocenters. The first-order valence-electron chi connectivity index (χ1n) is 11.5. The van der Waals surface area contributed by atoms with E-state index in [2.05, 4.69) is 79.0 Å². The van der Waals surface area contributed by atoms with Gasteiger partial charge in [0.2, 0.25) is 0 Å². The predicted octanol–water partition coefficient (Wildman–Crippen LogP) is 8.29. The second-order valence-electron chi connectivity index (χ2n) is 8.03. The largest absolute Gasteiger partial charge is 0.264 e. The van der Waals surface area contributed by atoms with Gasteiger partial charge in [0, 0.05) is 35.9 Å². The van der Waals surface area contributed by atoms with Gasteiger partial charge in [-0.2, -0.15) is 0 Å². The second-order valence-corrected chi connectivity index (χ2v) is 8.03. The van der Waals surface area contributed by atoms with Gasteiger partial charge in [-0.05, 0) is 78.8 Å². The summed E-state index contributed by atoms with van der Waals surface area (Å²) >= 11 is 0. The highest BCUT2D eigenvalue weighted by molar-refractivity contribution is 5.79. The van der Waals surface area contributed by atoms with Crippen LogP contribution in [0.25, 0.3) is 10.9 Å². The average molecular weight is 430 g/mol. The minimum atomic E-state index is 0.588. The number of hydrogen-bond acceptors (Lipinski definition) is 3. The van der Waals surface area contributed by atoms with Gasteiger partial charge < -0.3 is 0 Å². The van der Waals surface area contributed by atoms with E-state index in [0.717, 1.165) is 11.2 Å². The minimum absolute atomic E-state index is 0.588. The first-order chi connectivity index (χ1) is 15.4. The molecular formula is C29H39N3. The SMILES string of the molecule is CC.CC(C)c1ccc2ncccc2c1.Cc1cc(C(C)C)ccn1.Cc1cccnc1. The van der Waals surface area contributed by atoms with Crippen molar-refractivity contribution in [2.75, 3.05) is 0 Å². The number of rotatable bonds is 2. The van der Waals surface area contributed by atoms with Crippen LogP contribution in [0, 0.1) is 13.8 Å². The highest BCUT2D eigenvalue weighted by atomic mass is 14.6. The molecule has 0 saturated carbocycles.